The third-order valence-corrected chi connectivity index (χ3v) is 4.72. The largest absolute Gasteiger partial charge is 0.478 e. The molecule has 1 aromatic carbocycles. The molecule has 1 N–H and O–H groups in total. The Hall–Kier alpha value is -1.89. The lowest BCUT2D eigenvalue weighted by Crippen LogP contribution is -2.40. The van der Waals surface area contributed by atoms with E-state index in [4.69, 9.17) is 5.11 Å². The van der Waals surface area contributed by atoms with E-state index in [1.54, 1.807) is 11.0 Å². The fraction of sp³-hybridized carbons (Fsp3) is 0.308. The first kappa shape index (κ1) is 14.5. The summed E-state index contributed by atoms with van der Waals surface area (Å²) in [5.41, 5.74) is 0.673. The predicted molar refractivity (Wildman–Crippen MR) is 73.9 cm³/mol. The van der Waals surface area contributed by atoms with Crippen molar-refractivity contribution in [3.05, 3.63) is 35.7 Å². The molecule has 108 valence electrons. The molecule has 0 aromatic heterocycles. The van der Waals surface area contributed by atoms with Gasteiger partial charge in [0.2, 0.25) is 0 Å². The van der Waals surface area contributed by atoms with Crippen molar-refractivity contribution in [2.75, 3.05) is 29.5 Å². The normalized spacial score (nSPS) is 18.4. The highest BCUT2D eigenvalue weighted by molar-refractivity contribution is 7.91. The van der Waals surface area contributed by atoms with Crippen molar-refractivity contribution in [3.8, 4) is 0 Å². The number of halogens is 1. The van der Waals surface area contributed by atoms with Gasteiger partial charge in [-0.1, -0.05) is 6.07 Å². The van der Waals surface area contributed by atoms with E-state index in [9.17, 15) is 17.6 Å². The number of nitrogens with zero attached hydrogens (tertiary/aromatic N) is 1. The van der Waals surface area contributed by atoms with E-state index in [0.717, 1.165) is 6.08 Å². The monoisotopic (exact) mass is 299 g/mol. The van der Waals surface area contributed by atoms with Crippen LogP contribution < -0.4 is 4.90 Å². The van der Waals surface area contributed by atoms with E-state index in [2.05, 4.69) is 0 Å². The van der Waals surface area contributed by atoms with Gasteiger partial charge in [0.15, 0.2) is 9.84 Å². The van der Waals surface area contributed by atoms with Gasteiger partial charge in [-0.25, -0.2) is 17.6 Å². The number of rotatable bonds is 3. The number of hydrogen-bond acceptors (Lipinski definition) is 4. The Morgan fingerprint density at radius 2 is 1.95 bits per heavy atom. The second-order valence-electron chi connectivity index (χ2n) is 4.48. The molecule has 0 saturated carbocycles. The molecule has 0 radical (unpaired) electrons. The maximum Gasteiger partial charge on any atom is 0.328 e. The van der Waals surface area contributed by atoms with Crippen molar-refractivity contribution < 1.29 is 22.7 Å². The van der Waals surface area contributed by atoms with Gasteiger partial charge in [0.1, 0.15) is 5.82 Å². The Labute approximate surface area is 116 Å². The minimum Gasteiger partial charge on any atom is -0.478 e. The number of anilines is 1. The number of carbonyl (C=O) groups is 1. The summed E-state index contributed by atoms with van der Waals surface area (Å²) in [6, 6.07) is 4.42. The molecule has 7 heteroatoms. The van der Waals surface area contributed by atoms with Crippen molar-refractivity contribution in [3.63, 3.8) is 0 Å². The summed E-state index contributed by atoms with van der Waals surface area (Å²) in [4.78, 5) is 12.3. The molecule has 1 aliphatic rings. The van der Waals surface area contributed by atoms with Crippen LogP contribution in [0.2, 0.25) is 0 Å². The quantitative estimate of drug-likeness (QED) is 0.848. The molecule has 0 aliphatic carbocycles. The van der Waals surface area contributed by atoms with Gasteiger partial charge in [-0.15, -0.1) is 0 Å². The Morgan fingerprint density at radius 3 is 2.55 bits per heavy atom. The van der Waals surface area contributed by atoms with Crippen molar-refractivity contribution >= 4 is 27.6 Å². The minimum absolute atomic E-state index is 0.0194. The molecule has 0 bridgehead atoms. The highest BCUT2D eigenvalue weighted by Crippen LogP contribution is 2.26. The first-order valence-electron chi connectivity index (χ1n) is 6.04. The average Bonchev–Trinajstić information content (AvgIpc) is 2.37. The van der Waals surface area contributed by atoms with Gasteiger partial charge in [-0.3, -0.25) is 0 Å². The van der Waals surface area contributed by atoms with Crippen molar-refractivity contribution in [2.24, 2.45) is 0 Å². The van der Waals surface area contributed by atoms with E-state index < -0.39 is 21.6 Å². The molecule has 1 heterocycles. The highest BCUT2D eigenvalue weighted by Gasteiger charge is 2.23. The highest BCUT2D eigenvalue weighted by atomic mass is 32.2. The standard InChI is InChI=1S/C13H14FNO4S/c14-11-2-1-3-12(10(11)4-5-13(16)17)15-6-8-20(18,19)9-7-15/h1-5H,6-9H2,(H,16,17)/b5-4+. The minimum atomic E-state index is -3.02. The lowest BCUT2D eigenvalue weighted by atomic mass is 10.1. The maximum absolute atomic E-state index is 13.8. The van der Waals surface area contributed by atoms with E-state index in [1.807, 2.05) is 0 Å². The van der Waals surface area contributed by atoms with Crippen molar-refractivity contribution in [1.29, 1.82) is 0 Å². The summed E-state index contributed by atoms with van der Waals surface area (Å²) in [6.45, 7) is 0.555. The van der Waals surface area contributed by atoms with Crippen LogP contribution in [-0.4, -0.2) is 44.1 Å². The number of aliphatic carboxylic acids is 1. The molecule has 2 rings (SSSR count). The molecule has 5 nitrogen and oxygen atoms in total. The summed E-state index contributed by atoms with van der Waals surface area (Å²) in [6.07, 6.45) is 2.05. The zero-order valence-corrected chi connectivity index (χ0v) is 11.4. The first-order valence-corrected chi connectivity index (χ1v) is 7.86. The van der Waals surface area contributed by atoms with Crippen LogP contribution in [0.4, 0.5) is 10.1 Å². The molecule has 1 aliphatic heterocycles. The van der Waals surface area contributed by atoms with E-state index in [1.165, 1.54) is 18.2 Å². The molecule has 0 amide bonds. The van der Waals surface area contributed by atoms with E-state index in [0.29, 0.717) is 5.69 Å². The second-order valence-corrected chi connectivity index (χ2v) is 6.79. The molecule has 0 atom stereocenters. The fourth-order valence-corrected chi connectivity index (χ4v) is 3.28. The molecule has 1 fully saturated rings. The zero-order valence-electron chi connectivity index (χ0n) is 10.6. The number of sulfone groups is 1. The third kappa shape index (κ3) is 3.36. The van der Waals surface area contributed by atoms with Crippen LogP contribution in [0, 0.1) is 5.82 Å². The van der Waals surface area contributed by atoms with E-state index in [-0.39, 0.29) is 30.2 Å². The van der Waals surface area contributed by atoms with Crippen LogP contribution in [-0.2, 0) is 14.6 Å². The Balaban J connectivity index is 2.32. The molecule has 20 heavy (non-hydrogen) atoms. The first-order chi connectivity index (χ1) is 9.39. The summed E-state index contributed by atoms with van der Waals surface area (Å²) in [5, 5.41) is 8.63. The topological polar surface area (TPSA) is 74.7 Å². The molecular formula is C13H14FNO4S. The van der Waals surface area contributed by atoms with Gasteiger partial charge < -0.3 is 10.0 Å². The molecular weight excluding hydrogens is 285 g/mol. The van der Waals surface area contributed by atoms with Crippen LogP contribution in [0.3, 0.4) is 0 Å². The van der Waals surface area contributed by atoms with Crippen molar-refractivity contribution in [2.45, 2.75) is 0 Å². The Morgan fingerprint density at radius 1 is 1.30 bits per heavy atom. The van der Waals surface area contributed by atoms with Crippen LogP contribution >= 0.6 is 0 Å². The Bertz CT molecular complexity index is 640. The van der Waals surface area contributed by atoms with Crippen LogP contribution in [0.1, 0.15) is 5.56 Å². The average molecular weight is 299 g/mol. The van der Waals surface area contributed by atoms with Gasteiger partial charge in [-0.05, 0) is 18.2 Å². The van der Waals surface area contributed by atoms with Gasteiger partial charge in [0.25, 0.3) is 0 Å². The van der Waals surface area contributed by atoms with Crippen molar-refractivity contribution in [1.82, 2.24) is 0 Å². The molecule has 1 saturated heterocycles. The van der Waals surface area contributed by atoms with E-state index >= 15 is 0 Å². The fourth-order valence-electron chi connectivity index (χ4n) is 2.07. The summed E-state index contributed by atoms with van der Waals surface area (Å²) in [7, 11) is -3.02. The molecule has 0 spiro atoms. The van der Waals surface area contributed by atoms with Crippen LogP contribution in [0.25, 0.3) is 6.08 Å². The number of hydrogen-bond donors (Lipinski definition) is 1. The van der Waals surface area contributed by atoms with Gasteiger partial charge in [0.05, 0.1) is 11.5 Å². The molecule has 1 aromatic rings. The smallest absolute Gasteiger partial charge is 0.328 e. The number of carboxylic acids is 1. The van der Waals surface area contributed by atoms with Gasteiger partial charge in [0, 0.05) is 30.4 Å². The Kier molecular flexibility index (Phi) is 4.08. The summed E-state index contributed by atoms with van der Waals surface area (Å²) in [5.74, 6) is -1.66. The zero-order chi connectivity index (χ0) is 14.8. The number of benzene rings is 1. The SMILES string of the molecule is O=C(O)/C=C/c1c(F)cccc1N1CCS(=O)(=O)CC1. The predicted octanol–water partition coefficient (Wildman–Crippen LogP) is 1.16. The van der Waals surface area contributed by atoms with Crippen LogP contribution in [0.5, 0.6) is 0 Å². The lowest BCUT2D eigenvalue weighted by molar-refractivity contribution is -0.131. The van der Waals surface area contributed by atoms with Gasteiger partial charge >= 0.3 is 5.97 Å². The number of carboxylic acid groups (broad SMARTS) is 1. The van der Waals surface area contributed by atoms with Gasteiger partial charge in [-0.2, -0.15) is 0 Å². The summed E-state index contributed by atoms with van der Waals surface area (Å²) < 4.78 is 36.6. The lowest BCUT2D eigenvalue weighted by Gasteiger charge is -2.30. The maximum atomic E-state index is 13.8. The second kappa shape index (κ2) is 5.62. The summed E-state index contributed by atoms with van der Waals surface area (Å²) >= 11 is 0. The molecule has 0 unspecified atom stereocenters. The third-order valence-electron chi connectivity index (χ3n) is 3.11. The van der Waals surface area contributed by atoms with Crippen LogP contribution in [0.15, 0.2) is 24.3 Å².